The van der Waals surface area contributed by atoms with Crippen molar-refractivity contribution in [2.45, 2.75) is 25.2 Å². The summed E-state index contributed by atoms with van der Waals surface area (Å²) >= 11 is 3.24. The fourth-order valence-corrected chi connectivity index (χ4v) is 3.02. The van der Waals surface area contributed by atoms with E-state index in [9.17, 15) is 14.3 Å². The van der Waals surface area contributed by atoms with Crippen molar-refractivity contribution in [1.29, 1.82) is 0 Å². The van der Waals surface area contributed by atoms with Crippen LogP contribution in [0.1, 0.15) is 30.7 Å². The van der Waals surface area contributed by atoms with Gasteiger partial charge in [0, 0.05) is 16.0 Å². The maximum Gasteiger partial charge on any atom is 0.303 e. The fourth-order valence-electron chi connectivity index (χ4n) is 2.35. The van der Waals surface area contributed by atoms with Gasteiger partial charge in [0.25, 0.3) is 0 Å². The van der Waals surface area contributed by atoms with Gasteiger partial charge in [0.2, 0.25) is 0 Å². The molecule has 1 aromatic carbocycles. The average molecular weight is 333 g/mol. The molecule has 1 aromatic rings. The van der Waals surface area contributed by atoms with Crippen LogP contribution in [0.5, 0.6) is 11.5 Å². The first-order valence-corrected chi connectivity index (χ1v) is 6.71. The number of carbonyl (C=O) groups is 1. The molecule has 0 saturated heterocycles. The van der Waals surface area contributed by atoms with Gasteiger partial charge >= 0.3 is 5.97 Å². The molecule has 1 unspecified atom stereocenters. The number of phenolic OH excluding ortho intramolecular Hbond substituents is 1. The van der Waals surface area contributed by atoms with Gasteiger partial charge in [-0.3, -0.25) is 4.79 Å². The molecule has 0 spiro atoms. The molecule has 1 aliphatic carbocycles. The average Bonchev–Trinajstić information content (AvgIpc) is 3.14. The number of aliphatic carboxylic acids is 1. The number of methoxy groups -OCH3 is 1. The summed E-state index contributed by atoms with van der Waals surface area (Å²) < 4.78 is 19.0. The normalized spacial score (nSPS) is 16.2. The Kier molecular flexibility index (Phi) is 3.99. The third-order valence-electron chi connectivity index (χ3n) is 3.36. The zero-order chi connectivity index (χ0) is 14.2. The van der Waals surface area contributed by atoms with Crippen molar-refractivity contribution in [2.75, 3.05) is 7.11 Å². The SMILES string of the molecule is COc1c(O)c(F)cc(Br)c1C(CC(=O)O)C1CC1. The molecule has 2 N–H and O–H groups in total. The van der Waals surface area contributed by atoms with Gasteiger partial charge < -0.3 is 14.9 Å². The van der Waals surface area contributed by atoms with Crippen LogP contribution in [0, 0.1) is 11.7 Å². The quantitative estimate of drug-likeness (QED) is 0.868. The van der Waals surface area contributed by atoms with E-state index in [0.717, 1.165) is 18.9 Å². The van der Waals surface area contributed by atoms with Crippen LogP contribution >= 0.6 is 15.9 Å². The summed E-state index contributed by atoms with van der Waals surface area (Å²) in [5.74, 6) is -2.31. The van der Waals surface area contributed by atoms with Crippen LogP contribution in [0.15, 0.2) is 10.5 Å². The smallest absolute Gasteiger partial charge is 0.303 e. The molecular weight excluding hydrogens is 319 g/mol. The van der Waals surface area contributed by atoms with Crippen molar-refractivity contribution in [2.24, 2.45) is 5.92 Å². The molecule has 104 valence electrons. The highest BCUT2D eigenvalue weighted by molar-refractivity contribution is 9.10. The second-order valence-electron chi connectivity index (χ2n) is 4.68. The highest BCUT2D eigenvalue weighted by Gasteiger charge is 2.37. The Morgan fingerprint density at radius 1 is 1.63 bits per heavy atom. The van der Waals surface area contributed by atoms with E-state index in [4.69, 9.17) is 9.84 Å². The molecular formula is C13H14BrFO4. The molecule has 4 nitrogen and oxygen atoms in total. The van der Waals surface area contributed by atoms with Gasteiger partial charge in [0.05, 0.1) is 13.5 Å². The van der Waals surface area contributed by atoms with Crippen LogP contribution < -0.4 is 4.74 Å². The molecule has 19 heavy (non-hydrogen) atoms. The van der Waals surface area contributed by atoms with E-state index in [2.05, 4.69) is 15.9 Å². The number of rotatable bonds is 5. The maximum atomic E-state index is 13.5. The number of benzene rings is 1. The van der Waals surface area contributed by atoms with Gasteiger partial charge in [-0.15, -0.1) is 0 Å². The Morgan fingerprint density at radius 2 is 2.26 bits per heavy atom. The van der Waals surface area contributed by atoms with Crippen molar-refractivity contribution in [1.82, 2.24) is 0 Å². The van der Waals surface area contributed by atoms with E-state index in [1.807, 2.05) is 0 Å². The molecule has 1 fully saturated rings. The first-order valence-electron chi connectivity index (χ1n) is 5.92. The number of halogens is 2. The van der Waals surface area contributed by atoms with E-state index >= 15 is 0 Å². The molecule has 2 rings (SSSR count). The Hall–Kier alpha value is -1.30. The summed E-state index contributed by atoms with van der Waals surface area (Å²) in [5, 5.41) is 18.7. The topological polar surface area (TPSA) is 66.8 Å². The maximum absolute atomic E-state index is 13.5. The number of phenols is 1. The Bertz CT molecular complexity index is 514. The van der Waals surface area contributed by atoms with Crippen LogP contribution in [-0.2, 0) is 4.79 Å². The van der Waals surface area contributed by atoms with Crippen molar-refractivity contribution in [3.63, 3.8) is 0 Å². The standard InChI is InChI=1S/C13H14BrFO4/c1-19-13-11(8(14)5-9(15)12(13)18)7(4-10(16)17)6-2-3-6/h5-7,18H,2-4H2,1H3,(H,16,17). The minimum Gasteiger partial charge on any atom is -0.502 e. The third kappa shape index (κ3) is 2.83. The molecule has 1 saturated carbocycles. The molecule has 0 radical (unpaired) electrons. The zero-order valence-corrected chi connectivity index (χ0v) is 11.9. The Balaban J connectivity index is 2.51. The summed E-state index contributed by atoms with van der Waals surface area (Å²) in [7, 11) is 1.33. The van der Waals surface area contributed by atoms with Crippen LogP contribution in [-0.4, -0.2) is 23.3 Å². The summed E-state index contributed by atoms with van der Waals surface area (Å²) in [6.45, 7) is 0. The molecule has 1 atom stereocenters. The van der Waals surface area contributed by atoms with Crippen molar-refractivity contribution >= 4 is 21.9 Å². The third-order valence-corrected chi connectivity index (χ3v) is 4.01. The summed E-state index contributed by atoms with van der Waals surface area (Å²) in [5.41, 5.74) is 0.534. The monoisotopic (exact) mass is 332 g/mol. The van der Waals surface area contributed by atoms with Gasteiger partial charge in [0.15, 0.2) is 17.3 Å². The number of ether oxygens (including phenoxy) is 1. The van der Waals surface area contributed by atoms with Gasteiger partial charge in [-0.1, -0.05) is 15.9 Å². The van der Waals surface area contributed by atoms with Crippen molar-refractivity contribution < 1.29 is 24.1 Å². The molecule has 0 bridgehead atoms. The lowest BCUT2D eigenvalue weighted by molar-refractivity contribution is -0.137. The highest BCUT2D eigenvalue weighted by Crippen LogP contribution is 2.51. The lowest BCUT2D eigenvalue weighted by Gasteiger charge is -2.20. The molecule has 0 amide bonds. The van der Waals surface area contributed by atoms with Crippen molar-refractivity contribution in [3.05, 3.63) is 21.9 Å². The Labute approximate surface area is 118 Å². The molecule has 1 aliphatic rings. The molecule has 0 aromatic heterocycles. The number of hydrogen-bond acceptors (Lipinski definition) is 3. The minimum absolute atomic E-state index is 0.0185. The van der Waals surface area contributed by atoms with Crippen LogP contribution in [0.2, 0.25) is 0 Å². The van der Waals surface area contributed by atoms with E-state index in [1.165, 1.54) is 7.11 Å². The van der Waals surface area contributed by atoms with Gasteiger partial charge in [0.1, 0.15) is 0 Å². The lowest BCUT2D eigenvalue weighted by atomic mass is 9.90. The predicted octanol–water partition coefficient (Wildman–Crippen LogP) is 3.27. The summed E-state index contributed by atoms with van der Waals surface area (Å²) in [6, 6.07) is 1.14. The zero-order valence-electron chi connectivity index (χ0n) is 10.3. The summed E-state index contributed by atoms with van der Waals surface area (Å²) in [4.78, 5) is 11.0. The van der Waals surface area contributed by atoms with E-state index in [1.54, 1.807) is 0 Å². The predicted molar refractivity (Wildman–Crippen MR) is 70.0 cm³/mol. The van der Waals surface area contributed by atoms with E-state index in [0.29, 0.717) is 10.0 Å². The van der Waals surface area contributed by atoms with Crippen molar-refractivity contribution in [3.8, 4) is 11.5 Å². The van der Waals surface area contributed by atoms with E-state index < -0.39 is 17.5 Å². The lowest BCUT2D eigenvalue weighted by Crippen LogP contribution is -2.11. The van der Waals surface area contributed by atoms with Gasteiger partial charge in [-0.2, -0.15) is 0 Å². The van der Waals surface area contributed by atoms with Crippen LogP contribution in [0.4, 0.5) is 4.39 Å². The van der Waals surface area contributed by atoms with Gasteiger partial charge in [-0.25, -0.2) is 4.39 Å². The second kappa shape index (κ2) is 5.36. The number of carboxylic acids is 1. The second-order valence-corrected chi connectivity index (χ2v) is 5.53. The van der Waals surface area contributed by atoms with Crippen LogP contribution in [0.3, 0.4) is 0 Å². The van der Waals surface area contributed by atoms with Gasteiger partial charge in [-0.05, 0) is 24.8 Å². The van der Waals surface area contributed by atoms with E-state index in [-0.39, 0.29) is 24.0 Å². The molecule has 6 heteroatoms. The van der Waals surface area contributed by atoms with Crippen LogP contribution in [0.25, 0.3) is 0 Å². The Morgan fingerprint density at radius 3 is 2.74 bits per heavy atom. The number of aromatic hydroxyl groups is 1. The molecule has 0 heterocycles. The first kappa shape index (κ1) is 14.1. The molecule has 0 aliphatic heterocycles. The fraction of sp³-hybridized carbons (Fsp3) is 0.462. The first-order chi connectivity index (χ1) is 8.95. The largest absolute Gasteiger partial charge is 0.502 e. The minimum atomic E-state index is -0.922. The summed E-state index contributed by atoms with van der Waals surface area (Å²) in [6.07, 6.45) is 1.81. The number of hydrogen-bond donors (Lipinski definition) is 2. The highest BCUT2D eigenvalue weighted by atomic mass is 79.9. The number of carboxylic acid groups (broad SMARTS) is 1.